The fraction of sp³-hybridized carbons (Fsp3) is 0. The van der Waals surface area contributed by atoms with Crippen molar-refractivity contribution in [3.63, 3.8) is 0 Å². The fourth-order valence-electron chi connectivity index (χ4n) is 1.23. The van der Waals surface area contributed by atoms with Crippen LogP contribution in [0.4, 0.5) is 0 Å². The molecule has 0 heterocycles. The predicted molar refractivity (Wildman–Crippen MR) is 64.3 cm³/mol. The molecule has 0 saturated heterocycles. The van der Waals surface area contributed by atoms with E-state index in [1.807, 2.05) is 54.6 Å². The second-order valence-electron chi connectivity index (χ2n) is 3.11. The monoisotopic (exact) mass is 257 g/mol. The Balaban J connectivity index is 2.31. The van der Waals surface area contributed by atoms with Crippen LogP contribution in [0.5, 0.6) is 0 Å². The second kappa shape index (κ2) is 4.84. The molecule has 0 bridgehead atoms. The summed E-state index contributed by atoms with van der Waals surface area (Å²) in [7, 11) is 0. The Morgan fingerprint density at radius 1 is 0.733 bits per heavy atom. The van der Waals surface area contributed by atoms with Crippen molar-refractivity contribution in [2.24, 2.45) is 0 Å². The van der Waals surface area contributed by atoms with Crippen molar-refractivity contribution in [2.45, 2.75) is 0 Å². The van der Waals surface area contributed by atoms with Gasteiger partial charge in [-0.15, -0.1) is 0 Å². The molecular weight excluding hydrogens is 247 g/mol. The van der Waals surface area contributed by atoms with Crippen molar-refractivity contribution in [1.82, 2.24) is 0 Å². The van der Waals surface area contributed by atoms with E-state index in [0.717, 1.165) is 15.6 Å². The summed E-state index contributed by atoms with van der Waals surface area (Å²) in [6.07, 6.45) is 0. The van der Waals surface area contributed by atoms with Gasteiger partial charge in [-0.25, -0.2) is 0 Å². The van der Waals surface area contributed by atoms with Crippen LogP contribution < -0.4 is 4.46 Å². The van der Waals surface area contributed by atoms with Crippen molar-refractivity contribution in [3.8, 4) is 11.8 Å². The van der Waals surface area contributed by atoms with Crippen LogP contribution in [0.2, 0.25) is 0 Å². The van der Waals surface area contributed by atoms with Crippen LogP contribution >= 0.6 is 0 Å². The molecule has 15 heavy (non-hydrogen) atoms. The Hall–Kier alpha value is -1.48. The fourth-order valence-corrected chi connectivity index (χ4v) is 1.65. The van der Waals surface area contributed by atoms with Crippen LogP contribution in [-0.4, -0.2) is 16.0 Å². The van der Waals surface area contributed by atoms with Gasteiger partial charge in [0.15, 0.2) is 0 Å². The van der Waals surface area contributed by atoms with Crippen molar-refractivity contribution in [2.75, 3.05) is 0 Å². The predicted octanol–water partition coefficient (Wildman–Crippen LogP) is 1.88. The van der Waals surface area contributed by atoms with Gasteiger partial charge in [0.2, 0.25) is 0 Å². The third kappa shape index (κ3) is 2.73. The van der Waals surface area contributed by atoms with Gasteiger partial charge in [-0.05, 0) is 0 Å². The Kier molecular flexibility index (Phi) is 3.25. The SMILES string of the molecule is [Se]c1ccccc1C#Cc1ccccc1. The molecule has 71 valence electrons. The number of hydrogen-bond acceptors (Lipinski definition) is 0. The Morgan fingerprint density at radius 2 is 1.40 bits per heavy atom. The quantitative estimate of drug-likeness (QED) is 0.498. The second-order valence-corrected chi connectivity index (χ2v) is 4.03. The van der Waals surface area contributed by atoms with Crippen LogP contribution in [0.15, 0.2) is 54.6 Å². The Bertz CT molecular complexity index is 504. The molecule has 2 aromatic carbocycles. The van der Waals surface area contributed by atoms with Gasteiger partial charge in [0.25, 0.3) is 0 Å². The van der Waals surface area contributed by atoms with E-state index < -0.39 is 0 Å². The molecule has 0 amide bonds. The molecule has 2 aromatic rings. The normalized spacial score (nSPS) is 9.07. The van der Waals surface area contributed by atoms with E-state index in [-0.39, 0.29) is 0 Å². The first kappa shape index (κ1) is 10.1. The maximum absolute atomic E-state index is 3.15. The van der Waals surface area contributed by atoms with E-state index in [2.05, 4.69) is 27.9 Å². The summed E-state index contributed by atoms with van der Waals surface area (Å²) in [5.74, 6) is 6.28. The van der Waals surface area contributed by atoms with Gasteiger partial charge in [-0.3, -0.25) is 0 Å². The molecule has 0 atom stereocenters. The van der Waals surface area contributed by atoms with E-state index in [9.17, 15) is 0 Å². The molecule has 0 saturated carbocycles. The first-order valence-corrected chi connectivity index (χ1v) is 5.55. The van der Waals surface area contributed by atoms with Gasteiger partial charge in [0.05, 0.1) is 0 Å². The summed E-state index contributed by atoms with van der Waals surface area (Å²) in [6.45, 7) is 0. The molecule has 0 unspecified atom stereocenters. The van der Waals surface area contributed by atoms with Gasteiger partial charge < -0.3 is 0 Å². The third-order valence-electron chi connectivity index (χ3n) is 2.00. The number of hydrogen-bond donors (Lipinski definition) is 0. The van der Waals surface area contributed by atoms with Crippen LogP contribution in [0, 0.1) is 11.8 Å². The van der Waals surface area contributed by atoms with Crippen LogP contribution in [0.25, 0.3) is 0 Å². The molecule has 0 spiro atoms. The summed E-state index contributed by atoms with van der Waals surface area (Å²) in [4.78, 5) is 0. The first-order valence-electron chi connectivity index (χ1n) is 4.69. The van der Waals surface area contributed by atoms with E-state index in [1.165, 1.54) is 0 Å². The minimum atomic E-state index is 1.04. The molecular formula is C14H9Se. The summed E-state index contributed by atoms with van der Waals surface area (Å²) >= 11 is 3.00. The first-order chi connectivity index (χ1) is 7.36. The summed E-state index contributed by atoms with van der Waals surface area (Å²) in [6, 6.07) is 18.0. The molecule has 0 aliphatic heterocycles. The molecule has 1 heteroatoms. The minimum absolute atomic E-state index is 1.04. The summed E-state index contributed by atoms with van der Waals surface area (Å²) < 4.78 is 1.10. The van der Waals surface area contributed by atoms with Gasteiger partial charge >= 0.3 is 98.0 Å². The van der Waals surface area contributed by atoms with Gasteiger partial charge in [0.1, 0.15) is 0 Å². The van der Waals surface area contributed by atoms with Crippen molar-refractivity contribution in [1.29, 1.82) is 0 Å². The van der Waals surface area contributed by atoms with Gasteiger partial charge in [-0.1, -0.05) is 0 Å². The summed E-state index contributed by atoms with van der Waals surface area (Å²) in [5, 5.41) is 0. The number of rotatable bonds is 0. The molecule has 2 rings (SSSR count). The standard InChI is InChI=1S/C14H9Se/c15-14-9-5-4-8-13(14)11-10-12-6-2-1-3-7-12/h1-9H. The molecule has 0 nitrogen and oxygen atoms in total. The average Bonchev–Trinajstić information content (AvgIpc) is 2.29. The zero-order valence-corrected chi connectivity index (χ0v) is 9.82. The van der Waals surface area contributed by atoms with Crippen molar-refractivity contribution >= 4 is 20.5 Å². The Labute approximate surface area is 98.2 Å². The van der Waals surface area contributed by atoms with E-state index in [1.54, 1.807) is 0 Å². The molecule has 0 N–H and O–H groups in total. The van der Waals surface area contributed by atoms with Crippen LogP contribution in [0.1, 0.15) is 11.1 Å². The maximum atomic E-state index is 3.15. The third-order valence-corrected chi connectivity index (χ3v) is 2.75. The molecule has 0 aromatic heterocycles. The molecule has 0 fully saturated rings. The molecule has 0 aliphatic carbocycles. The average molecular weight is 256 g/mol. The van der Waals surface area contributed by atoms with Crippen LogP contribution in [-0.2, 0) is 0 Å². The molecule has 1 radical (unpaired) electrons. The van der Waals surface area contributed by atoms with E-state index in [4.69, 9.17) is 0 Å². The number of benzene rings is 2. The van der Waals surface area contributed by atoms with Crippen molar-refractivity contribution < 1.29 is 0 Å². The zero-order valence-electron chi connectivity index (χ0n) is 8.10. The van der Waals surface area contributed by atoms with Gasteiger partial charge in [0, 0.05) is 0 Å². The van der Waals surface area contributed by atoms with Gasteiger partial charge in [-0.2, -0.15) is 0 Å². The van der Waals surface area contributed by atoms with Crippen LogP contribution in [0.3, 0.4) is 0 Å². The zero-order chi connectivity index (χ0) is 10.5. The van der Waals surface area contributed by atoms with Crippen molar-refractivity contribution in [3.05, 3.63) is 65.7 Å². The summed E-state index contributed by atoms with van der Waals surface area (Å²) in [5.41, 5.74) is 2.09. The Morgan fingerprint density at radius 3 is 2.13 bits per heavy atom. The molecule has 0 aliphatic rings. The van der Waals surface area contributed by atoms with E-state index in [0.29, 0.717) is 0 Å². The van der Waals surface area contributed by atoms with E-state index >= 15 is 0 Å². The topological polar surface area (TPSA) is 0 Å².